The van der Waals surface area contributed by atoms with Crippen LogP contribution in [0.5, 0.6) is 0 Å². The highest BCUT2D eigenvalue weighted by Crippen LogP contribution is 2.44. The van der Waals surface area contributed by atoms with Crippen LogP contribution in [0.1, 0.15) is 83.1 Å². The monoisotopic (exact) mass is 940 g/mol. The van der Waals surface area contributed by atoms with Gasteiger partial charge < -0.3 is 27.9 Å². The summed E-state index contributed by atoms with van der Waals surface area (Å²) in [7, 11) is -1.29. The fourth-order valence-corrected chi connectivity index (χ4v) is 9.55. The summed E-state index contributed by atoms with van der Waals surface area (Å²) in [5.41, 5.74) is -1.03. The van der Waals surface area contributed by atoms with Crippen molar-refractivity contribution in [1.82, 2.24) is 0 Å². The quantitative estimate of drug-likeness (QED) is 0.127. The van der Waals surface area contributed by atoms with Crippen LogP contribution in [0, 0.1) is 0 Å². The molecule has 0 saturated carbocycles. The van der Waals surface area contributed by atoms with Crippen LogP contribution in [0.4, 0.5) is 0 Å². The maximum absolute atomic E-state index is 6.27. The van der Waals surface area contributed by atoms with Crippen molar-refractivity contribution >= 4 is 123 Å². The molecule has 0 aliphatic carbocycles. The van der Waals surface area contributed by atoms with E-state index < -0.39 is 14.0 Å². The Balaban J connectivity index is 0.000000121. The van der Waals surface area contributed by atoms with Gasteiger partial charge in [0, 0.05) is 8.95 Å². The number of benzene rings is 8. The van der Waals surface area contributed by atoms with E-state index in [1.54, 1.807) is 0 Å². The summed E-state index contributed by atoms with van der Waals surface area (Å²) in [5, 5.41) is 15.6. The molecule has 0 N–H and O–H groups in total. The summed E-state index contributed by atoms with van der Waals surface area (Å²) in [6, 6.07) is 37.1. The zero-order valence-electron chi connectivity index (χ0n) is 37.3. The van der Waals surface area contributed by atoms with Crippen molar-refractivity contribution in [3.05, 3.63) is 112 Å². The van der Waals surface area contributed by atoms with E-state index in [1.165, 1.54) is 69.1 Å². The van der Waals surface area contributed by atoms with E-state index in [1.807, 2.05) is 55.4 Å². The number of hydrogen-bond donors (Lipinski definition) is 0. The Labute approximate surface area is 377 Å². The van der Waals surface area contributed by atoms with Crippen molar-refractivity contribution in [3.8, 4) is 0 Å². The SMILES string of the molecule is Brc1ccc2ccc3cccc4ccc1c2c34.CC1(C)OB(B2OC(C)(C)C(C)(C)O2)OC1(C)C.CC1(C)OB(c2cc3ccc4ccc(Br)c5ccc(c2)c3c45)OC1(C)C. The second-order valence-electron chi connectivity index (χ2n) is 19.9. The molecule has 3 fully saturated rings. The summed E-state index contributed by atoms with van der Waals surface area (Å²) in [6.45, 7) is 24.6. The fraction of sp³-hybridized carbons (Fsp3) is 0.360. The van der Waals surface area contributed by atoms with Crippen LogP contribution in [-0.4, -0.2) is 54.7 Å². The first kappa shape index (κ1) is 43.0. The van der Waals surface area contributed by atoms with Crippen LogP contribution >= 0.6 is 31.9 Å². The van der Waals surface area contributed by atoms with Gasteiger partial charge >= 0.3 is 21.1 Å². The summed E-state index contributed by atoms with van der Waals surface area (Å²) < 4.78 is 38.7. The molecule has 3 aliphatic heterocycles. The summed E-state index contributed by atoms with van der Waals surface area (Å²) in [4.78, 5) is 0. The lowest BCUT2D eigenvalue weighted by molar-refractivity contribution is 0.00578. The molecule has 11 rings (SSSR count). The molecule has 312 valence electrons. The van der Waals surface area contributed by atoms with Crippen LogP contribution in [-0.2, 0) is 27.9 Å². The summed E-state index contributed by atoms with van der Waals surface area (Å²) >= 11 is 7.34. The van der Waals surface area contributed by atoms with Gasteiger partial charge in [-0.05, 0) is 165 Å². The minimum Gasteiger partial charge on any atom is -0.405 e. The van der Waals surface area contributed by atoms with E-state index >= 15 is 0 Å². The zero-order chi connectivity index (χ0) is 43.7. The molecule has 3 heterocycles. The predicted molar refractivity (Wildman–Crippen MR) is 264 cm³/mol. The Bertz CT molecular complexity index is 2850. The molecule has 0 aromatic heterocycles. The normalized spacial score (nSPS) is 20.9. The Kier molecular flexibility index (Phi) is 10.3. The lowest BCUT2D eigenvalue weighted by Crippen LogP contribution is -2.41. The molecule has 3 aliphatic rings. The minimum atomic E-state index is -0.476. The first-order valence-electron chi connectivity index (χ1n) is 21.3. The molecule has 8 aromatic rings. The third-order valence-electron chi connectivity index (χ3n) is 14.3. The molecular weight excluding hydrogens is 889 g/mol. The molecule has 0 atom stereocenters. The molecule has 0 amide bonds. The van der Waals surface area contributed by atoms with E-state index in [-0.39, 0.29) is 40.7 Å². The zero-order valence-corrected chi connectivity index (χ0v) is 40.4. The molecule has 0 bridgehead atoms. The third-order valence-corrected chi connectivity index (χ3v) is 15.7. The Hall–Kier alpha value is -3.25. The molecular formula is C50H53B3Br2O6. The standard InChI is InChI=1S/C22H20BBrO2.C16H9Br.C12H24B2O4/c1-21(2)22(3,4)26-23(25-21)16-11-14-6-5-13-8-10-18(24)17-9-7-15(12-16)19(14)20(13)17;17-14-9-7-12-5-4-10-2-1-3-11-6-8-13(14)16(12)15(10)11;1-9(2)10(3,4)16-13(15-9)14-17-11(5,6)12(7,8)18-14/h5-12H,1-4H3;1-9H;1-8H3. The topological polar surface area (TPSA) is 55.4 Å². The number of rotatable bonds is 2. The van der Waals surface area contributed by atoms with Gasteiger partial charge in [0.1, 0.15) is 0 Å². The van der Waals surface area contributed by atoms with Gasteiger partial charge in [0.25, 0.3) is 0 Å². The molecule has 3 saturated heterocycles. The van der Waals surface area contributed by atoms with Gasteiger partial charge in [-0.15, -0.1) is 0 Å². The van der Waals surface area contributed by atoms with Gasteiger partial charge in [0.05, 0.1) is 33.6 Å². The lowest BCUT2D eigenvalue weighted by atomic mass is 9.49. The van der Waals surface area contributed by atoms with Crippen molar-refractivity contribution < 1.29 is 27.9 Å². The van der Waals surface area contributed by atoms with Crippen LogP contribution < -0.4 is 5.46 Å². The highest BCUT2D eigenvalue weighted by molar-refractivity contribution is 9.11. The van der Waals surface area contributed by atoms with Crippen molar-refractivity contribution in [2.45, 2.75) is 117 Å². The highest BCUT2D eigenvalue weighted by Gasteiger charge is 2.63. The van der Waals surface area contributed by atoms with Crippen molar-refractivity contribution in [2.24, 2.45) is 0 Å². The maximum atomic E-state index is 6.27. The lowest BCUT2D eigenvalue weighted by Gasteiger charge is -2.32. The molecule has 0 spiro atoms. The Morgan fingerprint density at radius 3 is 1.05 bits per heavy atom. The van der Waals surface area contributed by atoms with Crippen LogP contribution in [0.15, 0.2) is 112 Å². The van der Waals surface area contributed by atoms with Crippen molar-refractivity contribution in [1.29, 1.82) is 0 Å². The largest absolute Gasteiger partial charge is 0.494 e. The van der Waals surface area contributed by atoms with Gasteiger partial charge in [-0.3, -0.25) is 0 Å². The Morgan fingerprint density at radius 1 is 0.344 bits per heavy atom. The van der Waals surface area contributed by atoms with E-state index in [4.69, 9.17) is 27.9 Å². The summed E-state index contributed by atoms with van der Waals surface area (Å²) in [6.07, 6.45) is 0. The second-order valence-corrected chi connectivity index (χ2v) is 21.6. The second kappa shape index (κ2) is 14.6. The van der Waals surface area contributed by atoms with Gasteiger partial charge in [-0.2, -0.15) is 0 Å². The average molecular weight is 942 g/mol. The maximum Gasteiger partial charge on any atom is 0.494 e. The average Bonchev–Trinajstić information content (AvgIpc) is 3.67. The van der Waals surface area contributed by atoms with Gasteiger partial charge in [-0.1, -0.05) is 123 Å². The fourth-order valence-electron chi connectivity index (χ4n) is 8.62. The van der Waals surface area contributed by atoms with Crippen LogP contribution in [0.25, 0.3) is 64.6 Å². The van der Waals surface area contributed by atoms with E-state index in [0.717, 1.165) is 9.94 Å². The molecule has 0 radical (unpaired) electrons. The number of halogens is 2. The van der Waals surface area contributed by atoms with Crippen LogP contribution in [0.3, 0.4) is 0 Å². The molecule has 11 heteroatoms. The highest BCUT2D eigenvalue weighted by atomic mass is 79.9. The van der Waals surface area contributed by atoms with E-state index in [0.29, 0.717) is 0 Å². The van der Waals surface area contributed by atoms with Crippen molar-refractivity contribution in [3.63, 3.8) is 0 Å². The summed E-state index contributed by atoms with van der Waals surface area (Å²) in [5.74, 6) is 0. The van der Waals surface area contributed by atoms with Gasteiger partial charge in [0.2, 0.25) is 0 Å². The molecule has 6 nitrogen and oxygen atoms in total. The minimum absolute atomic E-state index is 0.332. The smallest absolute Gasteiger partial charge is 0.405 e. The molecule has 61 heavy (non-hydrogen) atoms. The van der Waals surface area contributed by atoms with Crippen molar-refractivity contribution in [2.75, 3.05) is 0 Å². The van der Waals surface area contributed by atoms with Crippen LogP contribution in [0.2, 0.25) is 0 Å². The van der Waals surface area contributed by atoms with Gasteiger partial charge in [0.15, 0.2) is 0 Å². The number of hydrogen-bond acceptors (Lipinski definition) is 6. The molecule has 0 unspecified atom stereocenters. The Morgan fingerprint density at radius 2 is 0.639 bits per heavy atom. The predicted octanol–water partition coefficient (Wildman–Crippen LogP) is 13.2. The first-order chi connectivity index (χ1) is 28.5. The molecule has 8 aromatic carbocycles. The van der Waals surface area contributed by atoms with Gasteiger partial charge in [-0.25, -0.2) is 0 Å². The third kappa shape index (κ3) is 7.20. The van der Waals surface area contributed by atoms with E-state index in [2.05, 4.69) is 163 Å². The van der Waals surface area contributed by atoms with E-state index in [9.17, 15) is 0 Å². The first-order valence-corrected chi connectivity index (χ1v) is 22.8.